The summed E-state index contributed by atoms with van der Waals surface area (Å²) in [6, 6.07) is -0.574. The number of hydrogen-bond donors (Lipinski definition) is 1. The fourth-order valence-corrected chi connectivity index (χ4v) is 3.68. The number of aliphatic hydroxyl groups is 1. The summed E-state index contributed by atoms with van der Waals surface area (Å²) in [5, 5.41) is 9.55. The van der Waals surface area contributed by atoms with Gasteiger partial charge in [0, 0.05) is 5.54 Å². The maximum atomic E-state index is 12.0. The van der Waals surface area contributed by atoms with E-state index in [1.54, 1.807) is 0 Å². The molecule has 6 heteroatoms. The van der Waals surface area contributed by atoms with E-state index in [0.717, 1.165) is 6.26 Å². The zero-order valence-corrected chi connectivity index (χ0v) is 14.9. The van der Waals surface area contributed by atoms with Gasteiger partial charge in [0.05, 0.1) is 31.6 Å². The SMILES string of the molecule is C[C@H](OC[C@H](CO)N(C(C)(C)C)S(C)(=O)=O)C(C)(C)C. The maximum absolute atomic E-state index is 12.0. The molecule has 0 heterocycles. The minimum Gasteiger partial charge on any atom is -0.395 e. The van der Waals surface area contributed by atoms with Crippen molar-refractivity contribution >= 4 is 10.0 Å². The van der Waals surface area contributed by atoms with Crippen LogP contribution in [0.25, 0.3) is 0 Å². The lowest BCUT2D eigenvalue weighted by Gasteiger charge is -2.39. The van der Waals surface area contributed by atoms with Gasteiger partial charge in [0.15, 0.2) is 0 Å². The standard InChI is InChI=1S/C14H31NO4S/c1-11(13(2,3)4)19-10-12(9-16)15(14(5,6)7)20(8,17)18/h11-12,16H,9-10H2,1-8H3/t11-,12-/m0/s1. The van der Waals surface area contributed by atoms with Gasteiger partial charge in [-0.05, 0) is 33.1 Å². The summed E-state index contributed by atoms with van der Waals surface area (Å²) in [7, 11) is -3.42. The van der Waals surface area contributed by atoms with E-state index >= 15 is 0 Å². The Hall–Kier alpha value is -0.170. The molecule has 0 aromatic carbocycles. The van der Waals surface area contributed by atoms with Crippen LogP contribution in [-0.4, -0.2) is 55.0 Å². The summed E-state index contributed by atoms with van der Waals surface area (Å²) >= 11 is 0. The van der Waals surface area contributed by atoms with Gasteiger partial charge < -0.3 is 9.84 Å². The monoisotopic (exact) mass is 309 g/mol. The Morgan fingerprint density at radius 1 is 1.15 bits per heavy atom. The van der Waals surface area contributed by atoms with E-state index in [2.05, 4.69) is 20.8 Å². The van der Waals surface area contributed by atoms with Crippen LogP contribution in [0.5, 0.6) is 0 Å². The van der Waals surface area contributed by atoms with Crippen molar-refractivity contribution in [3.05, 3.63) is 0 Å². The van der Waals surface area contributed by atoms with Crippen LogP contribution >= 0.6 is 0 Å². The molecule has 0 amide bonds. The van der Waals surface area contributed by atoms with E-state index < -0.39 is 21.6 Å². The first-order valence-electron chi connectivity index (χ1n) is 6.93. The lowest BCUT2D eigenvalue weighted by molar-refractivity contribution is -0.0401. The molecule has 0 aliphatic carbocycles. The van der Waals surface area contributed by atoms with E-state index in [4.69, 9.17) is 4.74 Å². The van der Waals surface area contributed by atoms with Crippen LogP contribution in [-0.2, 0) is 14.8 Å². The normalized spacial score (nSPS) is 17.3. The third kappa shape index (κ3) is 6.08. The predicted molar refractivity (Wildman–Crippen MR) is 82.2 cm³/mol. The summed E-state index contributed by atoms with van der Waals surface area (Å²) in [6.07, 6.45) is 1.13. The molecule has 0 unspecified atom stereocenters. The van der Waals surface area contributed by atoms with Crippen LogP contribution in [0.2, 0.25) is 0 Å². The predicted octanol–water partition coefficient (Wildman–Crippen LogP) is 1.86. The minimum atomic E-state index is -3.42. The number of hydrogen-bond acceptors (Lipinski definition) is 4. The molecule has 0 saturated heterocycles. The molecule has 1 N–H and O–H groups in total. The van der Waals surface area contributed by atoms with Crippen LogP contribution in [0.15, 0.2) is 0 Å². The van der Waals surface area contributed by atoms with Crippen molar-refractivity contribution in [2.75, 3.05) is 19.5 Å². The van der Waals surface area contributed by atoms with Gasteiger partial charge in [0.1, 0.15) is 0 Å². The summed E-state index contributed by atoms with van der Waals surface area (Å²) < 4.78 is 31.1. The molecular formula is C14H31NO4S. The Labute approximate surface area is 124 Å². The number of ether oxygens (including phenoxy) is 1. The van der Waals surface area contributed by atoms with Crippen LogP contribution in [0, 0.1) is 5.41 Å². The van der Waals surface area contributed by atoms with Gasteiger partial charge in [-0.2, -0.15) is 4.31 Å². The van der Waals surface area contributed by atoms with Crippen molar-refractivity contribution in [1.82, 2.24) is 4.31 Å². The zero-order valence-electron chi connectivity index (χ0n) is 14.1. The summed E-state index contributed by atoms with van der Waals surface area (Å²) in [4.78, 5) is 0. The molecule has 122 valence electrons. The van der Waals surface area contributed by atoms with E-state index in [9.17, 15) is 13.5 Å². The second-order valence-corrected chi connectivity index (χ2v) is 9.27. The molecule has 0 bridgehead atoms. The van der Waals surface area contributed by atoms with E-state index in [1.807, 2.05) is 27.7 Å². The van der Waals surface area contributed by atoms with Crippen LogP contribution in [0.3, 0.4) is 0 Å². The average molecular weight is 309 g/mol. The van der Waals surface area contributed by atoms with E-state index in [-0.39, 0.29) is 24.7 Å². The number of sulfonamides is 1. The smallest absolute Gasteiger partial charge is 0.212 e. The average Bonchev–Trinajstić information content (AvgIpc) is 2.17. The number of rotatable bonds is 6. The lowest BCUT2D eigenvalue weighted by atomic mass is 9.90. The Bertz CT molecular complexity index is 392. The Balaban J connectivity index is 5.06. The van der Waals surface area contributed by atoms with Crippen molar-refractivity contribution in [3.63, 3.8) is 0 Å². The molecule has 2 atom stereocenters. The quantitative estimate of drug-likeness (QED) is 0.813. The molecule has 0 saturated carbocycles. The van der Waals surface area contributed by atoms with Crippen molar-refractivity contribution in [2.45, 2.75) is 66.2 Å². The highest BCUT2D eigenvalue weighted by atomic mass is 32.2. The Kier molecular flexibility index (Phi) is 6.67. The van der Waals surface area contributed by atoms with Crippen molar-refractivity contribution in [1.29, 1.82) is 0 Å². The molecule has 0 radical (unpaired) electrons. The van der Waals surface area contributed by atoms with Gasteiger partial charge in [-0.15, -0.1) is 0 Å². The van der Waals surface area contributed by atoms with Gasteiger partial charge in [0.25, 0.3) is 0 Å². The molecule has 0 aromatic rings. The molecule has 0 aliphatic heterocycles. The fourth-order valence-electron chi connectivity index (χ4n) is 2.02. The van der Waals surface area contributed by atoms with Gasteiger partial charge in [-0.25, -0.2) is 8.42 Å². The van der Waals surface area contributed by atoms with Crippen molar-refractivity contribution < 1.29 is 18.3 Å². The second-order valence-electron chi connectivity index (χ2n) is 7.41. The van der Waals surface area contributed by atoms with Crippen LogP contribution in [0.4, 0.5) is 0 Å². The largest absolute Gasteiger partial charge is 0.395 e. The molecule has 20 heavy (non-hydrogen) atoms. The topological polar surface area (TPSA) is 66.8 Å². The molecule has 0 aromatic heterocycles. The number of nitrogens with zero attached hydrogens (tertiary/aromatic N) is 1. The van der Waals surface area contributed by atoms with Gasteiger partial charge in [0.2, 0.25) is 10.0 Å². The molecule has 0 rings (SSSR count). The molecule has 5 nitrogen and oxygen atoms in total. The van der Waals surface area contributed by atoms with Gasteiger partial charge in [-0.3, -0.25) is 0 Å². The summed E-state index contributed by atoms with van der Waals surface area (Å²) in [5.74, 6) is 0. The Morgan fingerprint density at radius 3 is 1.85 bits per heavy atom. The van der Waals surface area contributed by atoms with Crippen LogP contribution < -0.4 is 0 Å². The first-order valence-corrected chi connectivity index (χ1v) is 8.78. The highest BCUT2D eigenvalue weighted by Gasteiger charge is 2.36. The van der Waals surface area contributed by atoms with E-state index in [0.29, 0.717) is 0 Å². The van der Waals surface area contributed by atoms with Crippen LogP contribution in [0.1, 0.15) is 48.5 Å². The fraction of sp³-hybridized carbons (Fsp3) is 1.00. The third-order valence-corrected chi connectivity index (χ3v) is 4.88. The Morgan fingerprint density at radius 2 is 1.60 bits per heavy atom. The highest BCUT2D eigenvalue weighted by molar-refractivity contribution is 7.88. The number of aliphatic hydroxyl groups excluding tert-OH is 1. The molecule has 0 aliphatic rings. The first kappa shape index (κ1) is 19.8. The van der Waals surface area contributed by atoms with E-state index in [1.165, 1.54) is 4.31 Å². The molecular weight excluding hydrogens is 278 g/mol. The van der Waals surface area contributed by atoms with Crippen molar-refractivity contribution in [2.24, 2.45) is 5.41 Å². The second kappa shape index (κ2) is 6.73. The summed E-state index contributed by atoms with van der Waals surface area (Å²) in [6.45, 7) is 13.5. The van der Waals surface area contributed by atoms with Crippen molar-refractivity contribution in [3.8, 4) is 0 Å². The molecule has 0 spiro atoms. The lowest BCUT2D eigenvalue weighted by Crippen LogP contribution is -2.54. The highest BCUT2D eigenvalue weighted by Crippen LogP contribution is 2.24. The third-order valence-electron chi connectivity index (χ3n) is 3.32. The maximum Gasteiger partial charge on any atom is 0.212 e. The zero-order chi connectivity index (χ0) is 16.4. The molecule has 0 fully saturated rings. The minimum absolute atomic E-state index is 0.0297. The van der Waals surface area contributed by atoms with Gasteiger partial charge in [-0.1, -0.05) is 20.8 Å². The summed E-state index contributed by atoms with van der Waals surface area (Å²) in [5.41, 5.74) is -0.632. The van der Waals surface area contributed by atoms with Gasteiger partial charge >= 0.3 is 0 Å². The first-order chi connectivity index (χ1) is 8.71.